The molecule has 0 saturated carbocycles. The number of nitrogens with two attached hydrogens (primary N) is 1. The predicted molar refractivity (Wildman–Crippen MR) is 54.3 cm³/mol. The Labute approximate surface area is 87.5 Å². The van der Waals surface area contributed by atoms with Crippen molar-refractivity contribution in [2.75, 3.05) is 5.73 Å². The summed E-state index contributed by atoms with van der Waals surface area (Å²) < 4.78 is 0. The second-order valence-corrected chi connectivity index (χ2v) is 3.79. The molecule has 0 fully saturated rings. The topological polar surface area (TPSA) is 66.2 Å². The zero-order chi connectivity index (χ0) is 10.9. The first-order valence-electron chi connectivity index (χ1n) is 4.23. The lowest BCUT2D eigenvalue weighted by molar-refractivity contribution is -0.255. The number of aromatic carboxylic acids is 1. The minimum absolute atomic E-state index is 0.0460. The first kappa shape index (κ1) is 10.9. The maximum Gasteiger partial charge on any atom is 0.0731 e. The van der Waals surface area contributed by atoms with Crippen LogP contribution in [0.15, 0.2) is 12.1 Å². The van der Waals surface area contributed by atoms with E-state index >= 15 is 0 Å². The van der Waals surface area contributed by atoms with Gasteiger partial charge in [-0.3, -0.25) is 0 Å². The molecule has 0 amide bonds. The number of rotatable bonds is 2. The van der Waals surface area contributed by atoms with Gasteiger partial charge in [-0.15, -0.1) is 0 Å². The molecule has 1 aromatic carbocycles. The van der Waals surface area contributed by atoms with Crippen molar-refractivity contribution in [2.45, 2.75) is 19.8 Å². The van der Waals surface area contributed by atoms with Crippen molar-refractivity contribution in [3.05, 3.63) is 28.3 Å². The molecule has 0 saturated heterocycles. The molecule has 76 valence electrons. The van der Waals surface area contributed by atoms with E-state index in [1.165, 1.54) is 6.07 Å². The van der Waals surface area contributed by atoms with Crippen LogP contribution in [-0.4, -0.2) is 5.97 Å². The second-order valence-electron chi connectivity index (χ2n) is 3.41. The van der Waals surface area contributed by atoms with Gasteiger partial charge in [0.05, 0.1) is 11.0 Å². The van der Waals surface area contributed by atoms with E-state index in [9.17, 15) is 9.90 Å². The number of hydrogen-bond donors (Lipinski definition) is 1. The lowest BCUT2D eigenvalue weighted by Gasteiger charge is -2.14. The minimum atomic E-state index is -1.30. The Kier molecular flexibility index (Phi) is 3.01. The van der Waals surface area contributed by atoms with Gasteiger partial charge in [-0.05, 0) is 23.6 Å². The normalized spacial score (nSPS) is 10.6. The lowest BCUT2D eigenvalue weighted by atomic mass is 9.99. The van der Waals surface area contributed by atoms with Gasteiger partial charge in [-0.2, -0.15) is 0 Å². The molecule has 0 heterocycles. The highest BCUT2D eigenvalue weighted by Crippen LogP contribution is 2.29. The number of benzene rings is 1. The van der Waals surface area contributed by atoms with Gasteiger partial charge >= 0.3 is 0 Å². The first-order valence-corrected chi connectivity index (χ1v) is 4.61. The Morgan fingerprint density at radius 3 is 2.50 bits per heavy atom. The van der Waals surface area contributed by atoms with Crippen LogP contribution in [0.3, 0.4) is 0 Å². The van der Waals surface area contributed by atoms with Gasteiger partial charge < -0.3 is 15.6 Å². The summed E-state index contributed by atoms with van der Waals surface area (Å²) in [6.07, 6.45) is 0. The number of anilines is 1. The van der Waals surface area contributed by atoms with Gasteiger partial charge in [0.1, 0.15) is 0 Å². The lowest BCUT2D eigenvalue weighted by Crippen LogP contribution is -2.23. The predicted octanol–water partition coefficient (Wildman–Crippen LogP) is 1.41. The molecule has 3 nitrogen and oxygen atoms in total. The SMILES string of the molecule is CC(C)c1cc(N)cc(C(=O)[O-])c1Cl. The molecule has 14 heavy (non-hydrogen) atoms. The number of hydrogen-bond acceptors (Lipinski definition) is 3. The fourth-order valence-electron chi connectivity index (χ4n) is 1.24. The molecular formula is C10H11ClNO2-. The summed E-state index contributed by atoms with van der Waals surface area (Å²) in [5.41, 5.74) is 6.62. The smallest absolute Gasteiger partial charge is 0.0731 e. The Morgan fingerprint density at radius 2 is 2.07 bits per heavy atom. The van der Waals surface area contributed by atoms with Crippen molar-refractivity contribution in [3.8, 4) is 0 Å². The first-order chi connectivity index (χ1) is 6.43. The van der Waals surface area contributed by atoms with Crippen molar-refractivity contribution >= 4 is 23.3 Å². The number of carbonyl (C=O) groups excluding carboxylic acids is 1. The molecule has 0 aliphatic carbocycles. The second kappa shape index (κ2) is 3.88. The summed E-state index contributed by atoms with van der Waals surface area (Å²) in [6, 6.07) is 2.99. The molecule has 0 aliphatic rings. The maximum atomic E-state index is 10.7. The monoisotopic (exact) mass is 212 g/mol. The Hall–Kier alpha value is -1.22. The highest BCUT2D eigenvalue weighted by atomic mass is 35.5. The van der Waals surface area contributed by atoms with E-state index in [1.807, 2.05) is 13.8 Å². The third-order valence-electron chi connectivity index (χ3n) is 1.97. The van der Waals surface area contributed by atoms with E-state index in [2.05, 4.69) is 0 Å². The van der Waals surface area contributed by atoms with Gasteiger partial charge in [-0.1, -0.05) is 25.4 Å². The van der Waals surface area contributed by atoms with E-state index in [1.54, 1.807) is 6.07 Å². The minimum Gasteiger partial charge on any atom is -0.545 e. The van der Waals surface area contributed by atoms with Crippen LogP contribution in [0.25, 0.3) is 0 Å². The molecular weight excluding hydrogens is 202 g/mol. The number of nitrogen functional groups attached to an aromatic ring is 1. The van der Waals surface area contributed by atoms with Gasteiger partial charge in [0, 0.05) is 11.3 Å². The van der Waals surface area contributed by atoms with Crippen LogP contribution in [-0.2, 0) is 0 Å². The van der Waals surface area contributed by atoms with Crippen molar-refractivity contribution in [2.24, 2.45) is 0 Å². The summed E-state index contributed by atoms with van der Waals surface area (Å²) in [6.45, 7) is 3.83. The Morgan fingerprint density at radius 1 is 1.50 bits per heavy atom. The van der Waals surface area contributed by atoms with Crippen molar-refractivity contribution in [1.29, 1.82) is 0 Å². The summed E-state index contributed by atoms with van der Waals surface area (Å²) in [4.78, 5) is 10.7. The van der Waals surface area contributed by atoms with E-state index in [0.29, 0.717) is 5.69 Å². The molecule has 0 unspecified atom stereocenters. The average Bonchev–Trinajstić information content (AvgIpc) is 2.07. The molecule has 0 aliphatic heterocycles. The quantitative estimate of drug-likeness (QED) is 0.754. The van der Waals surface area contributed by atoms with Crippen LogP contribution < -0.4 is 10.8 Å². The van der Waals surface area contributed by atoms with Crippen LogP contribution in [0.1, 0.15) is 35.7 Å². The van der Waals surface area contributed by atoms with Crippen LogP contribution in [0, 0.1) is 0 Å². The van der Waals surface area contributed by atoms with Crippen molar-refractivity contribution in [3.63, 3.8) is 0 Å². The number of carboxylic acids is 1. The van der Waals surface area contributed by atoms with Crippen molar-refractivity contribution in [1.82, 2.24) is 0 Å². The zero-order valence-electron chi connectivity index (χ0n) is 8.00. The van der Waals surface area contributed by atoms with E-state index in [4.69, 9.17) is 17.3 Å². The average molecular weight is 213 g/mol. The van der Waals surface area contributed by atoms with Gasteiger partial charge in [0.2, 0.25) is 0 Å². The van der Waals surface area contributed by atoms with Crippen LogP contribution in [0.2, 0.25) is 5.02 Å². The Balaban J connectivity index is 3.40. The summed E-state index contributed by atoms with van der Waals surface area (Å²) in [5.74, 6) is -1.17. The largest absolute Gasteiger partial charge is 0.545 e. The van der Waals surface area contributed by atoms with Gasteiger partial charge in [0.25, 0.3) is 0 Å². The van der Waals surface area contributed by atoms with Crippen LogP contribution in [0.5, 0.6) is 0 Å². The third-order valence-corrected chi connectivity index (χ3v) is 2.39. The summed E-state index contributed by atoms with van der Waals surface area (Å²) >= 11 is 5.89. The molecule has 0 atom stereocenters. The van der Waals surface area contributed by atoms with E-state index in [0.717, 1.165) is 5.56 Å². The summed E-state index contributed by atoms with van der Waals surface area (Å²) in [5, 5.41) is 10.9. The third kappa shape index (κ3) is 1.99. The van der Waals surface area contributed by atoms with Crippen LogP contribution >= 0.6 is 11.6 Å². The molecule has 2 N–H and O–H groups in total. The number of carboxylic acid groups (broad SMARTS) is 1. The number of halogens is 1. The van der Waals surface area contributed by atoms with Crippen molar-refractivity contribution < 1.29 is 9.90 Å². The molecule has 4 heteroatoms. The number of carbonyl (C=O) groups is 1. The molecule has 0 bridgehead atoms. The molecule has 0 spiro atoms. The molecule has 1 aromatic rings. The Bertz CT molecular complexity index is 375. The molecule has 0 aromatic heterocycles. The summed E-state index contributed by atoms with van der Waals surface area (Å²) in [7, 11) is 0. The highest BCUT2D eigenvalue weighted by Gasteiger charge is 2.11. The fraction of sp³-hybridized carbons (Fsp3) is 0.300. The zero-order valence-corrected chi connectivity index (χ0v) is 8.76. The highest BCUT2D eigenvalue weighted by molar-refractivity contribution is 6.34. The van der Waals surface area contributed by atoms with Gasteiger partial charge in [-0.25, -0.2) is 0 Å². The maximum absolute atomic E-state index is 10.7. The fourth-order valence-corrected chi connectivity index (χ4v) is 1.64. The molecule has 0 radical (unpaired) electrons. The van der Waals surface area contributed by atoms with E-state index < -0.39 is 5.97 Å². The standard InChI is InChI=1S/C10H12ClNO2/c1-5(2)7-3-6(12)4-8(9(7)11)10(13)14/h3-5H,12H2,1-2H3,(H,13,14)/p-1. The van der Waals surface area contributed by atoms with Gasteiger partial charge in [0.15, 0.2) is 0 Å². The van der Waals surface area contributed by atoms with E-state index in [-0.39, 0.29) is 16.5 Å². The molecule has 1 rings (SSSR count). The van der Waals surface area contributed by atoms with Crippen LogP contribution in [0.4, 0.5) is 5.69 Å².